The SMILES string of the molecule is NC(=O)c1cc2c(OCCCN3CCC(c4ccc(Cl)c(Cl)c4)CC3)cccc2o1. The van der Waals surface area contributed by atoms with Crippen molar-refractivity contribution >= 4 is 40.1 Å². The average Bonchev–Trinajstić information content (AvgIpc) is 3.19. The molecule has 0 bridgehead atoms. The fraction of sp³-hybridized carbons (Fsp3) is 0.348. The summed E-state index contributed by atoms with van der Waals surface area (Å²) in [5.41, 5.74) is 7.18. The number of piperidine rings is 1. The molecule has 1 aliphatic rings. The second-order valence-corrected chi connectivity index (χ2v) is 8.45. The highest BCUT2D eigenvalue weighted by Crippen LogP contribution is 2.32. The van der Waals surface area contributed by atoms with Gasteiger partial charge in [-0.2, -0.15) is 0 Å². The number of hydrogen-bond donors (Lipinski definition) is 1. The molecule has 5 nitrogen and oxygen atoms in total. The normalized spacial score (nSPS) is 15.5. The third-order valence-corrected chi connectivity index (χ3v) is 6.38. The molecular weight excluding hydrogens is 423 g/mol. The molecule has 1 aliphatic heterocycles. The summed E-state index contributed by atoms with van der Waals surface area (Å²) in [6, 6.07) is 13.1. The Morgan fingerprint density at radius 2 is 1.93 bits per heavy atom. The Labute approximate surface area is 185 Å². The summed E-state index contributed by atoms with van der Waals surface area (Å²) in [7, 11) is 0. The van der Waals surface area contributed by atoms with E-state index < -0.39 is 5.91 Å². The van der Waals surface area contributed by atoms with Gasteiger partial charge in [-0.25, -0.2) is 0 Å². The summed E-state index contributed by atoms with van der Waals surface area (Å²) in [4.78, 5) is 13.8. The van der Waals surface area contributed by atoms with Crippen LogP contribution in [0, 0.1) is 0 Å². The Balaban J connectivity index is 1.24. The van der Waals surface area contributed by atoms with Gasteiger partial charge < -0.3 is 19.8 Å². The minimum atomic E-state index is -0.582. The minimum absolute atomic E-state index is 0.144. The molecule has 0 aliphatic carbocycles. The third kappa shape index (κ3) is 4.75. The molecule has 0 atom stereocenters. The number of benzene rings is 2. The van der Waals surface area contributed by atoms with E-state index in [2.05, 4.69) is 11.0 Å². The van der Waals surface area contributed by atoms with Gasteiger partial charge in [-0.1, -0.05) is 35.3 Å². The molecule has 158 valence electrons. The van der Waals surface area contributed by atoms with Crippen molar-refractivity contribution in [2.24, 2.45) is 5.73 Å². The van der Waals surface area contributed by atoms with Gasteiger partial charge in [0.15, 0.2) is 5.76 Å². The van der Waals surface area contributed by atoms with Gasteiger partial charge in [-0.05, 0) is 68.1 Å². The first-order chi connectivity index (χ1) is 14.5. The maximum absolute atomic E-state index is 11.3. The number of fused-ring (bicyclic) bond motifs is 1. The highest BCUT2D eigenvalue weighted by atomic mass is 35.5. The molecule has 30 heavy (non-hydrogen) atoms. The highest BCUT2D eigenvalue weighted by molar-refractivity contribution is 6.42. The summed E-state index contributed by atoms with van der Waals surface area (Å²) < 4.78 is 11.4. The van der Waals surface area contributed by atoms with E-state index in [9.17, 15) is 4.79 Å². The lowest BCUT2D eigenvalue weighted by atomic mass is 9.89. The zero-order valence-electron chi connectivity index (χ0n) is 16.6. The van der Waals surface area contributed by atoms with Crippen molar-refractivity contribution in [3.05, 3.63) is 63.8 Å². The van der Waals surface area contributed by atoms with Crippen molar-refractivity contribution in [3.8, 4) is 5.75 Å². The van der Waals surface area contributed by atoms with E-state index in [1.165, 1.54) is 5.56 Å². The maximum Gasteiger partial charge on any atom is 0.284 e. The first kappa shape index (κ1) is 21.0. The first-order valence-corrected chi connectivity index (χ1v) is 10.9. The number of hydrogen-bond acceptors (Lipinski definition) is 4. The molecule has 2 heterocycles. The van der Waals surface area contributed by atoms with Crippen molar-refractivity contribution in [1.82, 2.24) is 4.90 Å². The van der Waals surface area contributed by atoms with E-state index in [1.54, 1.807) is 12.1 Å². The van der Waals surface area contributed by atoms with Crippen LogP contribution < -0.4 is 10.5 Å². The fourth-order valence-electron chi connectivity index (χ4n) is 4.01. The van der Waals surface area contributed by atoms with Crippen molar-refractivity contribution in [2.45, 2.75) is 25.2 Å². The van der Waals surface area contributed by atoms with Crippen molar-refractivity contribution in [1.29, 1.82) is 0 Å². The lowest BCUT2D eigenvalue weighted by Crippen LogP contribution is -2.34. The van der Waals surface area contributed by atoms with Crippen LogP contribution in [0.25, 0.3) is 11.0 Å². The van der Waals surface area contributed by atoms with Crippen LogP contribution in [0.3, 0.4) is 0 Å². The van der Waals surface area contributed by atoms with Gasteiger partial charge in [0.05, 0.1) is 22.0 Å². The smallest absolute Gasteiger partial charge is 0.284 e. The van der Waals surface area contributed by atoms with Crippen LogP contribution in [0.4, 0.5) is 0 Å². The van der Waals surface area contributed by atoms with Crippen molar-refractivity contribution in [3.63, 3.8) is 0 Å². The van der Waals surface area contributed by atoms with E-state index in [0.29, 0.717) is 33.9 Å². The minimum Gasteiger partial charge on any atom is -0.493 e. The van der Waals surface area contributed by atoms with Crippen molar-refractivity contribution < 1.29 is 13.9 Å². The van der Waals surface area contributed by atoms with E-state index in [4.69, 9.17) is 38.1 Å². The Hall–Kier alpha value is -2.21. The van der Waals surface area contributed by atoms with E-state index in [1.807, 2.05) is 24.3 Å². The molecule has 4 rings (SSSR count). The molecule has 1 fully saturated rings. The largest absolute Gasteiger partial charge is 0.493 e. The predicted octanol–water partition coefficient (Wildman–Crippen LogP) is 5.49. The molecule has 0 spiro atoms. The number of carbonyl (C=O) groups is 1. The second kappa shape index (κ2) is 9.29. The zero-order chi connectivity index (χ0) is 21.1. The number of furan rings is 1. The van der Waals surface area contributed by atoms with Gasteiger partial charge in [0.1, 0.15) is 11.3 Å². The molecule has 7 heteroatoms. The van der Waals surface area contributed by atoms with Crippen LogP contribution in [0.5, 0.6) is 5.75 Å². The first-order valence-electron chi connectivity index (χ1n) is 10.1. The molecule has 0 saturated carbocycles. The van der Waals surface area contributed by atoms with E-state index >= 15 is 0 Å². The zero-order valence-corrected chi connectivity index (χ0v) is 18.1. The Bertz CT molecular complexity index is 1040. The van der Waals surface area contributed by atoms with Gasteiger partial charge in [0, 0.05) is 12.6 Å². The number of nitrogens with zero attached hydrogens (tertiary/aromatic N) is 1. The molecule has 0 radical (unpaired) electrons. The molecular formula is C23H24Cl2N2O3. The summed E-state index contributed by atoms with van der Waals surface area (Å²) in [5.74, 6) is 0.805. The van der Waals surface area contributed by atoms with Crippen LogP contribution in [0.2, 0.25) is 10.0 Å². The van der Waals surface area contributed by atoms with Crippen molar-refractivity contribution in [2.75, 3.05) is 26.2 Å². The lowest BCUT2D eigenvalue weighted by Gasteiger charge is -2.32. The average molecular weight is 447 g/mol. The van der Waals surface area contributed by atoms with Gasteiger partial charge in [-0.3, -0.25) is 4.79 Å². The highest BCUT2D eigenvalue weighted by Gasteiger charge is 2.21. The summed E-state index contributed by atoms with van der Waals surface area (Å²) >= 11 is 12.2. The van der Waals surface area contributed by atoms with Crippen LogP contribution in [-0.2, 0) is 0 Å². The number of likely N-dealkylation sites (tertiary alicyclic amines) is 1. The number of amides is 1. The summed E-state index contributed by atoms with van der Waals surface area (Å²) in [6.45, 7) is 3.71. The number of nitrogens with two attached hydrogens (primary N) is 1. The van der Waals surface area contributed by atoms with Gasteiger partial charge >= 0.3 is 0 Å². The predicted molar refractivity (Wildman–Crippen MR) is 120 cm³/mol. The number of primary amides is 1. The Morgan fingerprint density at radius 3 is 2.67 bits per heavy atom. The molecule has 3 aromatic rings. The van der Waals surface area contributed by atoms with Crippen LogP contribution in [-0.4, -0.2) is 37.0 Å². The maximum atomic E-state index is 11.3. The summed E-state index contributed by atoms with van der Waals surface area (Å²) in [6.07, 6.45) is 3.15. The van der Waals surface area contributed by atoms with Gasteiger partial charge in [-0.15, -0.1) is 0 Å². The summed E-state index contributed by atoms with van der Waals surface area (Å²) in [5, 5.41) is 2.01. The Kier molecular flexibility index (Phi) is 6.52. The fourth-order valence-corrected chi connectivity index (χ4v) is 4.31. The van der Waals surface area contributed by atoms with Crippen LogP contribution in [0.1, 0.15) is 41.3 Å². The second-order valence-electron chi connectivity index (χ2n) is 7.63. The molecule has 1 amide bonds. The topological polar surface area (TPSA) is 68.7 Å². The number of ether oxygens (including phenoxy) is 1. The van der Waals surface area contributed by atoms with E-state index in [0.717, 1.165) is 44.3 Å². The van der Waals surface area contributed by atoms with Crippen LogP contribution in [0.15, 0.2) is 46.9 Å². The molecule has 1 saturated heterocycles. The quantitative estimate of drug-likeness (QED) is 0.487. The lowest BCUT2D eigenvalue weighted by molar-refractivity contribution is 0.0976. The molecule has 2 aromatic carbocycles. The van der Waals surface area contributed by atoms with Gasteiger partial charge in [0.2, 0.25) is 0 Å². The number of halogens is 2. The number of rotatable bonds is 7. The standard InChI is InChI=1S/C23H24Cl2N2O3/c24-18-6-5-16(13-19(18)25)15-7-10-27(11-8-15)9-2-12-29-20-3-1-4-21-17(20)14-22(30-21)23(26)28/h1,3-6,13-15H,2,7-12H2,(H2,26,28). The third-order valence-electron chi connectivity index (χ3n) is 5.64. The monoisotopic (exact) mass is 446 g/mol. The molecule has 0 unspecified atom stereocenters. The van der Waals surface area contributed by atoms with E-state index in [-0.39, 0.29) is 5.76 Å². The van der Waals surface area contributed by atoms with Crippen LogP contribution >= 0.6 is 23.2 Å². The molecule has 1 aromatic heterocycles. The molecule has 2 N–H and O–H groups in total. The van der Waals surface area contributed by atoms with Gasteiger partial charge in [0.25, 0.3) is 5.91 Å². The number of carbonyl (C=O) groups excluding carboxylic acids is 1. The Morgan fingerprint density at radius 1 is 1.13 bits per heavy atom.